The average molecular weight is 306 g/mol. The second kappa shape index (κ2) is 10.7. The summed E-state index contributed by atoms with van der Waals surface area (Å²) in [5.74, 6) is -0.494. The molecule has 1 aromatic carbocycles. The molecule has 0 bridgehead atoms. The van der Waals surface area contributed by atoms with E-state index in [2.05, 4.69) is 17.5 Å². The first kappa shape index (κ1) is 18.0. The van der Waals surface area contributed by atoms with Crippen molar-refractivity contribution in [3.05, 3.63) is 23.8 Å². The number of aromatic hydroxyl groups is 2. The van der Waals surface area contributed by atoms with Crippen LogP contribution in [0.4, 0.5) is 0 Å². The lowest BCUT2D eigenvalue weighted by Crippen LogP contribution is -2.16. The van der Waals surface area contributed by atoms with Crippen LogP contribution in [0.5, 0.6) is 11.5 Å². The van der Waals surface area contributed by atoms with E-state index in [9.17, 15) is 15.0 Å². The molecule has 1 aromatic rings. The number of carbonyl (C=O) groups is 1. The van der Waals surface area contributed by atoms with Gasteiger partial charge in [-0.3, -0.25) is 4.79 Å². The summed E-state index contributed by atoms with van der Waals surface area (Å²) in [6, 6.07) is 4.35. The molecule has 0 aliphatic rings. The summed E-state index contributed by atoms with van der Waals surface area (Å²) in [4.78, 5) is 11.6. The first-order valence-corrected chi connectivity index (χ1v) is 7.97. The van der Waals surface area contributed by atoms with Crippen LogP contribution < -0.4 is 5.43 Å². The van der Waals surface area contributed by atoms with E-state index in [0.29, 0.717) is 12.0 Å². The number of rotatable bonds is 10. The van der Waals surface area contributed by atoms with Crippen LogP contribution in [0.1, 0.15) is 63.9 Å². The lowest BCUT2D eigenvalue weighted by molar-refractivity contribution is -0.121. The molecule has 0 fully saturated rings. The summed E-state index contributed by atoms with van der Waals surface area (Å²) in [6.07, 6.45) is 10.1. The zero-order valence-electron chi connectivity index (χ0n) is 13.2. The van der Waals surface area contributed by atoms with Crippen molar-refractivity contribution in [1.82, 2.24) is 5.43 Å². The molecule has 0 aliphatic carbocycles. The van der Waals surface area contributed by atoms with Gasteiger partial charge in [0.1, 0.15) is 0 Å². The van der Waals surface area contributed by atoms with Crippen molar-refractivity contribution in [2.24, 2.45) is 5.10 Å². The Morgan fingerprint density at radius 1 is 1.09 bits per heavy atom. The smallest absolute Gasteiger partial charge is 0.240 e. The van der Waals surface area contributed by atoms with E-state index in [1.807, 2.05) is 0 Å². The van der Waals surface area contributed by atoms with Gasteiger partial charge in [-0.2, -0.15) is 5.10 Å². The number of phenolic OH excluding ortho intramolecular Hbond substituents is 2. The fourth-order valence-electron chi connectivity index (χ4n) is 2.10. The summed E-state index contributed by atoms with van der Waals surface area (Å²) in [5.41, 5.74) is 3.07. The van der Waals surface area contributed by atoms with Gasteiger partial charge in [0.05, 0.1) is 6.21 Å². The van der Waals surface area contributed by atoms with Crippen molar-refractivity contribution in [3.63, 3.8) is 0 Å². The molecule has 5 nitrogen and oxygen atoms in total. The number of hydrogen-bond acceptors (Lipinski definition) is 4. The van der Waals surface area contributed by atoms with Crippen LogP contribution in [-0.4, -0.2) is 22.3 Å². The third-order valence-corrected chi connectivity index (χ3v) is 3.41. The highest BCUT2D eigenvalue weighted by Crippen LogP contribution is 2.23. The van der Waals surface area contributed by atoms with Crippen LogP contribution in [0.25, 0.3) is 0 Å². The Morgan fingerprint density at radius 3 is 2.45 bits per heavy atom. The van der Waals surface area contributed by atoms with Gasteiger partial charge in [0.25, 0.3) is 0 Å². The Bertz CT molecular complexity index is 487. The minimum Gasteiger partial charge on any atom is -0.504 e. The number of amides is 1. The third-order valence-electron chi connectivity index (χ3n) is 3.41. The van der Waals surface area contributed by atoms with Crippen molar-refractivity contribution in [2.45, 2.75) is 58.3 Å². The third kappa shape index (κ3) is 7.67. The SMILES string of the molecule is CCCCCCCCCC(=O)N/N=C/c1ccc(O)c(O)c1. The van der Waals surface area contributed by atoms with Crippen molar-refractivity contribution >= 4 is 12.1 Å². The molecule has 22 heavy (non-hydrogen) atoms. The molecule has 0 saturated heterocycles. The molecule has 0 heterocycles. The molecule has 0 saturated carbocycles. The first-order valence-electron chi connectivity index (χ1n) is 7.97. The zero-order chi connectivity index (χ0) is 16.2. The van der Waals surface area contributed by atoms with Crippen LogP contribution >= 0.6 is 0 Å². The standard InChI is InChI=1S/C17H26N2O3/c1-2-3-4-5-6-7-8-9-17(22)19-18-13-14-10-11-15(20)16(21)12-14/h10-13,20-21H,2-9H2,1H3,(H,19,22)/b18-13+. The van der Waals surface area contributed by atoms with Gasteiger partial charge in [0.2, 0.25) is 5.91 Å². The predicted molar refractivity (Wildman–Crippen MR) is 88.1 cm³/mol. The summed E-state index contributed by atoms with van der Waals surface area (Å²) in [5, 5.41) is 22.3. The van der Waals surface area contributed by atoms with E-state index in [1.54, 1.807) is 6.07 Å². The van der Waals surface area contributed by atoms with Gasteiger partial charge in [-0.1, -0.05) is 45.4 Å². The lowest BCUT2D eigenvalue weighted by Gasteiger charge is -2.01. The van der Waals surface area contributed by atoms with E-state index < -0.39 is 0 Å². The molecular weight excluding hydrogens is 280 g/mol. The van der Waals surface area contributed by atoms with Crippen molar-refractivity contribution < 1.29 is 15.0 Å². The van der Waals surface area contributed by atoms with Crippen molar-refractivity contribution in [2.75, 3.05) is 0 Å². The van der Waals surface area contributed by atoms with Gasteiger partial charge < -0.3 is 10.2 Å². The van der Waals surface area contributed by atoms with Crippen molar-refractivity contribution in [1.29, 1.82) is 0 Å². The Morgan fingerprint density at radius 2 is 1.77 bits per heavy atom. The molecule has 5 heteroatoms. The number of phenols is 2. The summed E-state index contributed by atoms with van der Waals surface area (Å²) in [7, 11) is 0. The van der Waals surface area contributed by atoms with Gasteiger partial charge in [-0.05, 0) is 30.2 Å². The normalized spacial score (nSPS) is 11.0. The van der Waals surface area contributed by atoms with Crippen molar-refractivity contribution in [3.8, 4) is 11.5 Å². The molecule has 1 amide bonds. The number of nitrogens with zero attached hydrogens (tertiary/aromatic N) is 1. The first-order chi connectivity index (χ1) is 10.6. The summed E-state index contributed by atoms with van der Waals surface area (Å²) < 4.78 is 0. The van der Waals surface area contributed by atoms with E-state index in [1.165, 1.54) is 50.5 Å². The fraction of sp³-hybridized carbons (Fsp3) is 0.529. The Labute approximate surface area is 132 Å². The minimum atomic E-state index is -0.210. The van der Waals surface area contributed by atoms with Crippen LogP contribution in [0.15, 0.2) is 23.3 Å². The Balaban J connectivity index is 2.14. The van der Waals surface area contributed by atoms with Crippen LogP contribution in [0.3, 0.4) is 0 Å². The number of carbonyl (C=O) groups excluding carboxylic acids is 1. The molecule has 1 rings (SSSR count). The van der Waals surface area contributed by atoms with Crippen LogP contribution in [0, 0.1) is 0 Å². The van der Waals surface area contributed by atoms with E-state index in [4.69, 9.17) is 0 Å². The molecule has 0 radical (unpaired) electrons. The maximum atomic E-state index is 11.6. The minimum absolute atomic E-state index is 0.104. The van der Waals surface area contributed by atoms with Gasteiger partial charge in [-0.25, -0.2) is 5.43 Å². The van der Waals surface area contributed by atoms with E-state index in [-0.39, 0.29) is 17.4 Å². The second-order valence-corrected chi connectivity index (χ2v) is 5.41. The quantitative estimate of drug-likeness (QED) is 0.267. The topological polar surface area (TPSA) is 81.9 Å². The highest BCUT2D eigenvalue weighted by molar-refractivity contribution is 5.83. The maximum Gasteiger partial charge on any atom is 0.240 e. The number of unbranched alkanes of at least 4 members (excludes halogenated alkanes) is 6. The molecule has 0 atom stereocenters. The maximum absolute atomic E-state index is 11.6. The summed E-state index contributed by atoms with van der Waals surface area (Å²) >= 11 is 0. The van der Waals surface area contributed by atoms with Crippen LogP contribution in [-0.2, 0) is 4.79 Å². The molecule has 0 aliphatic heterocycles. The van der Waals surface area contributed by atoms with Crippen LogP contribution in [0.2, 0.25) is 0 Å². The highest BCUT2D eigenvalue weighted by Gasteiger charge is 2.00. The Hall–Kier alpha value is -2.04. The van der Waals surface area contributed by atoms with E-state index >= 15 is 0 Å². The average Bonchev–Trinajstić information content (AvgIpc) is 2.50. The predicted octanol–water partition coefficient (Wildman–Crippen LogP) is 3.69. The summed E-state index contributed by atoms with van der Waals surface area (Å²) in [6.45, 7) is 2.20. The fourth-order valence-corrected chi connectivity index (χ4v) is 2.10. The second-order valence-electron chi connectivity index (χ2n) is 5.41. The lowest BCUT2D eigenvalue weighted by atomic mass is 10.1. The molecule has 0 spiro atoms. The van der Waals surface area contributed by atoms with Gasteiger partial charge in [0.15, 0.2) is 11.5 Å². The largest absolute Gasteiger partial charge is 0.504 e. The highest BCUT2D eigenvalue weighted by atomic mass is 16.3. The van der Waals surface area contributed by atoms with Gasteiger partial charge in [0, 0.05) is 6.42 Å². The van der Waals surface area contributed by atoms with Gasteiger partial charge >= 0.3 is 0 Å². The van der Waals surface area contributed by atoms with E-state index in [0.717, 1.165) is 12.8 Å². The Kier molecular flexibility index (Phi) is 8.72. The molecule has 0 aromatic heterocycles. The number of nitrogens with one attached hydrogen (secondary N) is 1. The molecule has 122 valence electrons. The zero-order valence-corrected chi connectivity index (χ0v) is 13.2. The molecular formula is C17H26N2O3. The van der Waals surface area contributed by atoms with Gasteiger partial charge in [-0.15, -0.1) is 0 Å². The monoisotopic (exact) mass is 306 g/mol. The molecule has 0 unspecified atom stereocenters. The number of hydrazone groups is 1. The number of benzene rings is 1. The number of hydrogen-bond donors (Lipinski definition) is 3. The molecule has 3 N–H and O–H groups in total.